The van der Waals surface area contributed by atoms with E-state index in [0.29, 0.717) is 17.3 Å². The number of nitrogens with zero attached hydrogens (tertiary/aromatic N) is 3. The third-order valence-electron chi connectivity index (χ3n) is 4.14. The Balaban J connectivity index is 1.71. The second-order valence-electron chi connectivity index (χ2n) is 6.22. The Morgan fingerprint density at radius 2 is 1.88 bits per heavy atom. The van der Waals surface area contributed by atoms with Crippen LogP contribution in [0.15, 0.2) is 47.0 Å². The summed E-state index contributed by atoms with van der Waals surface area (Å²) < 4.78 is 10.5. The van der Waals surface area contributed by atoms with E-state index >= 15 is 0 Å². The molecular formula is C20H21N3O3. The van der Waals surface area contributed by atoms with E-state index in [4.69, 9.17) is 9.26 Å². The van der Waals surface area contributed by atoms with Gasteiger partial charge in [0.25, 0.3) is 5.91 Å². The lowest BCUT2D eigenvalue weighted by molar-refractivity contribution is 0.0769. The van der Waals surface area contributed by atoms with Crippen LogP contribution in [0.5, 0.6) is 5.75 Å². The van der Waals surface area contributed by atoms with Gasteiger partial charge in [0.2, 0.25) is 11.7 Å². The number of ether oxygens (including phenoxy) is 1. The summed E-state index contributed by atoms with van der Waals surface area (Å²) >= 11 is 0. The predicted octanol–water partition coefficient (Wildman–Crippen LogP) is 3.63. The highest BCUT2D eigenvalue weighted by atomic mass is 16.5. The van der Waals surface area contributed by atoms with Crippen molar-refractivity contribution >= 4 is 5.91 Å². The number of hydrogen-bond donors (Lipinski definition) is 0. The smallest absolute Gasteiger partial charge is 0.254 e. The molecule has 0 atom stereocenters. The lowest BCUT2D eigenvalue weighted by Crippen LogP contribution is -2.26. The number of aryl methyl sites for hydroxylation is 2. The van der Waals surface area contributed by atoms with Crippen LogP contribution >= 0.6 is 0 Å². The fourth-order valence-electron chi connectivity index (χ4n) is 2.65. The van der Waals surface area contributed by atoms with E-state index in [2.05, 4.69) is 10.1 Å². The maximum absolute atomic E-state index is 12.6. The van der Waals surface area contributed by atoms with Gasteiger partial charge in [0, 0.05) is 18.2 Å². The van der Waals surface area contributed by atoms with Gasteiger partial charge in [-0.25, -0.2) is 0 Å². The number of amides is 1. The summed E-state index contributed by atoms with van der Waals surface area (Å²) in [5, 5.41) is 4.00. The topological polar surface area (TPSA) is 68.5 Å². The molecule has 0 unspecified atom stereocenters. The van der Waals surface area contributed by atoms with Crippen molar-refractivity contribution < 1.29 is 14.1 Å². The van der Waals surface area contributed by atoms with Crippen LogP contribution in [0.1, 0.15) is 27.4 Å². The normalized spacial score (nSPS) is 10.6. The highest BCUT2D eigenvalue weighted by Crippen LogP contribution is 2.20. The standard InChI is InChI=1S/C20H21N3O3/c1-13-5-7-15(8-6-13)19-21-18(26-22-19)12-23(3)20(24)16-9-10-17(25-4)14(2)11-16/h5-11H,12H2,1-4H3. The molecule has 6 heteroatoms. The van der Waals surface area contributed by atoms with Crippen LogP contribution in [0.4, 0.5) is 0 Å². The third-order valence-corrected chi connectivity index (χ3v) is 4.14. The van der Waals surface area contributed by atoms with Crippen molar-refractivity contribution in [1.82, 2.24) is 15.0 Å². The van der Waals surface area contributed by atoms with Crippen LogP contribution < -0.4 is 4.74 Å². The number of aromatic nitrogens is 2. The van der Waals surface area contributed by atoms with Gasteiger partial charge in [-0.15, -0.1) is 0 Å². The molecule has 0 aliphatic carbocycles. The van der Waals surface area contributed by atoms with Gasteiger partial charge < -0.3 is 14.2 Å². The first-order chi connectivity index (χ1) is 12.5. The van der Waals surface area contributed by atoms with Crippen molar-refractivity contribution in [2.45, 2.75) is 20.4 Å². The molecule has 3 aromatic rings. The predicted molar refractivity (Wildman–Crippen MR) is 98.0 cm³/mol. The van der Waals surface area contributed by atoms with E-state index in [9.17, 15) is 4.79 Å². The van der Waals surface area contributed by atoms with E-state index in [-0.39, 0.29) is 12.5 Å². The summed E-state index contributed by atoms with van der Waals surface area (Å²) in [5.74, 6) is 1.54. The molecule has 0 aliphatic heterocycles. The van der Waals surface area contributed by atoms with Crippen molar-refractivity contribution in [3.8, 4) is 17.1 Å². The first kappa shape index (κ1) is 17.7. The fraction of sp³-hybridized carbons (Fsp3) is 0.250. The molecule has 0 saturated carbocycles. The minimum atomic E-state index is -0.120. The molecule has 0 N–H and O–H groups in total. The highest BCUT2D eigenvalue weighted by Gasteiger charge is 2.17. The van der Waals surface area contributed by atoms with Gasteiger partial charge in [-0.1, -0.05) is 35.0 Å². The molecule has 1 heterocycles. The monoisotopic (exact) mass is 351 g/mol. The van der Waals surface area contributed by atoms with Crippen molar-refractivity contribution in [1.29, 1.82) is 0 Å². The lowest BCUT2D eigenvalue weighted by Gasteiger charge is -2.15. The summed E-state index contributed by atoms with van der Waals surface area (Å²) in [4.78, 5) is 18.5. The van der Waals surface area contributed by atoms with Gasteiger partial charge in [0.05, 0.1) is 13.7 Å². The molecule has 0 spiro atoms. The van der Waals surface area contributed by atoms with Crippen molar-refractivity contribution in [2.24, 2.45) is 0 Å². The molecule has 6 nitrogen and oxygen atoms in total. The van der Waals surface area contributed by atoms with Crippen LogP contribution in [0, 0.1) is 13.8 Å². The van der Waals surface area contributed by atoms with Crippen molar-refractivity contribution in [3.63, 3.8) is 0 Å². The average Bonchev–Trinajstić information content (AvgIpc) is 3.10. The van der Waals surface area contributed by atoms with Gasteiger partial charge in [0.1, 0.15) is 5.75 Å². The zero-order valence-corrected chi connectivity index (χ0v) is 15.3. The van der Waals surface area contributed by atoms with Gasteiger partial charge in [-0.3, -0.25) is 4.79 Å². The maximum Gasteiger partial charge on any atom is 0.254 e. The molecule has 0 saturated heterocycles. The molecule has 1 aromatic heterocycles. The first-order valence-corrected chi connectivity index (χ1v) is 8.27. The largest absolute Gasteiger partial charge is 0.496 e. The summed E-state index contributed by atoms with van der Waals surface area (Å²) in [6, 6.07) is 13.2. The third kappa shape index (κ3) is 3.74. The molecule has 1 amide bonds. The van der Waals surface area contributed by atoms with Crippen LogP contribution in [0.3, 0.4) is 0 Å². The number of carbonyl (C=O) groups is 1. The van der Waals surface area contributed by atoms with E-state index in [1.54, 1.807) is 31.2 Å². The zero-order valence-electron chi connectivity index (χ0n) is 15.3. The van der Waals surface area contributed by atoms with Gasteiger partial charge in [0.15, 0.2) is 0 Å². The van der Waals surface area contributed by atoms with Crippen LogP contribution in [0.25, 0.3) is 11.4 Å². The number of carbonyl (C=O) groups excluding carboxylic acids is 1. The average molecular weight is 351 g/mol. The molecule has 2 aromatic carbocycles. The Hall–Kier alpha value is -3.15. The number of hydrogen-bond acceptors (Lipinski definition) is 5. The Morgan fingerprint density at radius 1 is 1.15 bits per heavy atom. The summed E-state index contributed by atoms with van der Waals surface area (Å²) in [6.45, 7) is 4.16. The van der Waals surface area contributed by atoms with Gasteiger partial charge >= 0.3 is 0 Å². The minimum Gasteiger partial charge on any atom is -0.496 e. The van der Waals surface area contributed by atoms with E-state index in [1.165, 1.54) is 0 Å². The Labute approximate surface area is 152 Å². The zero-order chi connectivity index (χ0) is 18.7. The maximum atomic E-state index is 12.6. The van der Waals surface area contributed by atoms with E-state index < -0.39 is 0 Å². The molecule has 3 rings (SSSR count). The van der Waals surface area contributed by atoms with Crippen LogP contribution in [0.2, 0.25) is 0 Å². The lowest BCUT2D eigenvalue weighted by atomic mass is 10.1. The van der Waals surface area contributed by atoms with Crippen LogP contribution in [-0.2, 0) is 6.54 Å². The summed E-state index contributed by atoms with van der Waals surface area (Å²) in [6.07, 6.45) is 0. The second-order valence-corrected chi connectivity index (χ2v) is 6.22. The van der Waals surface area contributed by atoms with Crippen LogP contribution in [-0.4, -0.2) is 35.1 Å². The Morgan fingerprint density at radius 3 is 2.54 bits per heavy atom. The highest BCUT2D eigenvalue weighted by molar-refractivity contribution is 5.94. The van der Waals surface area contributed by atoms with Crippen molar-refractivity contribution in [3.05, 3.63) is 65.0 Å². The van der Waals surface area contributed by atoms with Crippen molar-refractivity contribution in [2.75, 3.05) is 14.2 Å². The SMILES string of the molecule is COc1ccc(C(=O)N(C)Cc2nc(-c3ccc(C)cc3)no2)cc1C. The molecule has 0 aliphatic rings. The summed E-state index contributed by atoms with van der Waals surface area (Å²) in [5.41, 5.74) is 3.54. The molecular weight excluding hydrogens is 330 g/mol. The Bertz CT molecular complexity index is 916. The second kappa shape index (κ2) is 7.39. The molecule has 0 bridgehead atoms. The number of rotatable bonds is 5. The molecule has 0 fully saturated rings. The minimum absolute atomic E-state index is 0.120. The first-order valence-electron chi connectivity index (χ1n) is 8.27. The molecule has 134 valence electrons. The molecule has 0 radical (unpaired) electrons. The number of methoxy groups -OCH3 is 1. The van der Waals surface area contributed by atoms with E-state index in [1.807, 2.05) is 44.2 Å². The van der Waals surface area contributed by atoms with Gasteiger partial charge in [-0.2, -0.15) is 4.98 Å². The number of benzene rings is 2. The fourth-order valence-corrected chi connectivity index (χ4v) is 2.65. The molecule has 26 heavy (non-hydrogen) atoms. The van der Waals surface area contributed by atoms with Gasteiger partial charge in [-0.05, 0) is 37.6 Å². The Kier molecular flexibility index (Phi) is 5.02. The quantitative estimate of drug-likeness (QED) is 0.702. The summed E-state index contributed by atoms with van der Waals surface area (Å²) in [7, 11) is 3.31. The van der Waals surface area contributed by atoms with E-state index in [0.717, 1.165) is 22.4 Å².